The molecule has 5 heteroatoms. The highest BCUT2D eigenvalue weighted by Crippen LogP contribution is 2.23. The SMILES string of the molecule is C=CCNCC(C)Sc1nncs1. The van der Waals surface area contributed by atoms with Gasteiger partial charge in [-0.15, -0.1) is 16.8 Å². The molecule has 0 aromatic carbocycles. The van der Waals surface area contributed by atoms with E-state index >= 15 is 0 Å². The lowest BCUT2D eigenvalue weighted by Crippen LogP contribution is -2.22. The molecule has 1 aromatic rings. The molecular formula is C8H13N3S2. The van der Waals surface area contributed by atoms with Gasteiger partial charge in [-0.25, -0.2) is 0 Å². The van der Waals surface area contributed by atoms with Crippen LogP contribution in [0.1, 0.15) is 6.92 Å². The van der Waals surface area contributed by atoms with E-state index in [1.807, 2.05) is 6.08 Å². The van der Waals surface area contributed by atoms with Gasteiger partial charge in [0.1, 0.15) is 5.51 Å². The van der Waals surface area contributed by atoms with Crippen LogP contribution in [0.5, 0.6) is 0 Å². The van der Waals surface area contributed by atoms with Gasteiger partial charge in [0.2, 0.25) is 0 Å². The molecule has 13 heavy (non-hydrogen) atoms. The normalized spacial score (nSPS) is 12.7. The van der Waals surface area contributed by atoms with Crippen LogP contribution in [0.25, 0.3) is 0 Å². The molecule has 3 nitrogen and oxygen atoms in total. The quantitative estimate of drug-likeness (QED) is 0.446. The van der Waals surface area contributed by atoms with Crippen LogP contribution in [0, 0.1) is 0 Å². The van der Waals surface area contributed by atoms with Gasteiger partial charge in [0.15, 0.2) is 4.34 Å². The molecule has 0 aliphatic rings. The molecule has 72 valence electrons. The summed E-state index contributed by atoms with van der Waals surface area (Å²) in [6.07, 6.45) is 1.86. The van der Waals surface area contributed by atoms with Gasteiger partial charge in [-0.2, -0.15) is 0 Å². The minimum Gasteiger partial charge on any atom is -0.312 e. The van der Waals surface area contributed by atoms with Crippen LogP contribution >= 0.6 is 23.1 Å². The summed E-state index contributed by atoms with van der Waals surface area (Å²) in [5.74, 6) is 0. The highest BCUT2D eigenvalue weighted by atomic mass is 32.2. The molecule has 0 spiro atoms. The van der Waals surface area contributed by atoms with Crippen LogP contribution < -0.4 is 5.32 Å². The molecule has 1 N–H and O–H groups in total. The summed E-state index contributed by atoms with van der Waals surface area (Å²) in [4.78, 5) is 0. The van der Waals surface area contributed by atoms with Crippen molar-refractivity contribution in [2.45, 2.75) is 16.5 Å². The molecule has 0 bridgehead atoms. The van der Waals surface area contributed by atoms with Gasteiger partial charge in [-0.3, -0.25) is 0 Å². The first kappa shape index (κ1) is 10.7. The molecule has 0 saturated heterocycles. The zero-order chi connectivity index (χ0) is 9.52. The summed E-state index contributed by atoms with van der Waals surface area (Å²) in [7, 11) is 0. The van der Waals surface area contributed by atoms with Crippen LogP contribution in [0.15, 0.2) is 22.5 Å². The van der Waals surface area contributed by atoms with E-state index in [1.54, 1.807) is 28.6 Å². The maximum absolute atomic E-state index is 3.97. The van der Waals surface area contributed by atoms with Crippen LogP contribution in [0.2, 0.25) is 0 Å². The lowest BCUT2D eigenvalue weighted by atomic mass is 10.4. The summed E-state index contributed by atoms with van der Waals surface area (Å²) >= 11 is 3.33. The molecule has 0 aliphatic carbocycles. The fraction of sp³-hybridized carbons (Fsp3) is 0.500. The van der Waals surface area contributed by atoms with Gasteiger partial charge in [-0.05, 0) is 0 Å². The Labute approximate surface area is 86.7 Å². The van der Waals surface area contributed by atoms with Crippen molar-refractivity contribution < 1.29 is 0 Å². The van der Waals surface area contributed by atoms with Crippen molar-refractivity contribution in [3.8, 4) is 0 Å². The number of hydrogen-bond donors (Lipinski definition) is 1. The van der Waals surface area contributed by atoms with E-state index in [0.717, 1.165) is 17.4 Å². The lowest BCUT2D eigenvalue weighted by Gasteiger charge is -2.08. The Hall–Kier alpha value is -0.390. The summed E-state index contributed by atoms with van der Waals surface area (Å²) in [5, 5.41) is 11.5. The third kappa shape index (κ3) is 4.40. The second kappa shape index (κ2) is 6.12. The molecule has 1 aromatic heterocycles. The fourth-order valence-electron chi connectivity index (χ4n) is 0.817. The minimum atomic E-state index is 0.521. The number of rotatable bonds is 6. The first-order valence-corrected chi connectivity index (χ1v) is 5.83. The van der Waals surface area contributed by atoms with Crippen molar-refractivity contribution in [1.82, 2.24) is 15.5 Å². The van der Waals surface area contributed by atoms with Gasteiger partial charge in [0.25, 0.3) is 0 Å². The highest BCUT2D eigenvalue weighted by Gasteiger charge is 2.05. The van der Waals surface area contributed by atoms with E-state index < -0.39 is 0 Å². The minimum absolute atomic E-state index is 0.521. The van der Waals surface area contributed by atoms with Gasteiger partial charge >= 0.3 is 0 Å². The van der Waals surface area contributed by atoms with Crippen molar-refractivity contribution in [1.29, 1.82) is 0 Å². The van der Waals surface area contributed by atoms with Crippen LogP contribution in [0.3, 0.4) is 0 Å². The van der Waals surface area contributed by atoms with Crippen LogP contribution in [-0.4, -0.2) is 28.5 Å². The third-order valence-electron chi connectivity index (χ3n) is 1.36. The van der Waals surface area contributed by atoms with E-state index in [0.29, 0.717) is 5.25 Å². The van der Waals surface area contributed by atoms with Crippen molar-refractivity contribution in [3.05, 3.63) is 18.2 Å². The molecule has 1 atom stereocenters. The molecule has 0 amide bonds. The number of thioether (sulfide) groups is 1. The Morgan fingerprint density at radius 3 is 3.31 bits per heavy atom. The zero-order valence-electron chi connectivity index (χ0n) is 7.56. The summed E-state index contributed by atoms with van der Waals surface area (Å²) in [5.41, 5.74) is 1.76. The van der Waals surface area contributed by atoms with Gasteiger partial charge < -0.3 is 5.32 Å². The van der Waals surface area contributed by atoms with Crippen molar-refractivity contribution >= 4 is 23.1 Å². The average molecular weight is 215 g/mol. The fourth-order valence-corrected chi connectivity index (χ4v) is 2.58. The molecule has 0 radical (unpaired) electrons. The summed E-state index contributed by atoms with van der Waals surface area (Å²) in [6, 6.07) is 0. The van der Waals surface area contributed by atoms with E-state index in [4.69, 9.17) is 0 Å². The number of aromatic nitrogens is 2. The topological polar surface area (TPSA) is 37.8 Å². The van der Waals surface area contributed by atoms with E-state index in [2.05, 4.69) is 29.0 Å². The predicted molar refractivity (Wildman–Crippen MR) is 58.3 cm³/mol. The van der Waals surface area contributed by atoms with Crippen LogP contribution in [-0.2, 0) is 0 Å². The predicted octanol–water partition coefficient (Wildman–Crippen LogP) is 1.79. The van der Waals surface area contributed by atoms with Crippen LogP contribution in [0.4, 0.5) is 0 Å². The smallest absolute Gasteiger partial charge is 0.174 e. The Morgan fingerprint density at radius 2 is 2.69 bits per heavy atom. The zero-order valence-corrected chi connectivity index (χ0v) is 9.20. The molecule has 0 aliphatic heterocycles. The second-order valence-corrected chi connectivity index (χ2v) is 5.10. The molecule has 0 saturated carbocycles. The van der Waals surface area contributed by atoms with Crippen molar-refractivity contribution in [2.75, 3.05) is 13.1 Å². The standard InChI is InChI=1S/C8H13N3S2/c1-3-4-9-5-7(2)13-8-11-10-6-12-8/h3,6-7,9H,1,4-5H2,2H3. The van der Waals surface area contributed by atoms with Crippen molar-refractivity contribution in [3.63, 3.8) is 0 Å². The summed E-state index contributed by atoms with van der Waals surface area (Å²) in [6.45, 7) is 7.64. The Bertz CT molecular complexity index is 236. The average Bonchev–Trinajstić information content (AvgIpc) is 2.57. The Balaban J connectivity index is 2.17. The monoisotopic (exact) mass is 215 g/mol. The molecule has 1 rings (SSSR count). The lowest BCUT2D eigenvalue weighted by molar-refractivity contribution is 0.740. The van der Waals surface area contributed by atoms with Gasteiger partial charge in [-0.1, -0.05) is 36.1 Å². The summed E-state index contributed by atoms with van der Waals surface area (Å²) < 4.78 is 1.04. The largest absolute Gasteiger partial charge is 0.312 e. The number of nitrogens with zero attached hydrogens (tertiary/aromatic N) is 2. The highest BCUT2D eigenvalue weighted by molar-refractivity contribution is 8.01. The molecule has 0 fully saturated rings. The maximum atomic E-state index is 3.97. The molecular weight excluding hydrogens is 202 g/mol. The second-order valence-electron chi connectivity index (χ2n) is 2.58. The molecule has 1 heterocycles. The van der Waals surface area contributed by atoms with Gasteiger partial charge in [0, 0.05) is 18.3 Å². The van der Waals surface area contributed by atoms with E-state index in [-0.39, 0.29) is 0 Å². The third-order valence-corrected chi connectivity index (χ3v) is 3.28. The Morgan fingerprint density at radius 1 is 1.85 bits per heavy atom. The first-order valence-electron chi connectivity index (χ1n) is 4.07. The number of hydrogen-bond acceptors (Lipinski definition) is 5. The van der Waals surface area contributed by atoms with Gasteiger partial charge in [0.05, 0.1) is 0 Å². The maximum Gasteiger partial charge on any atom is 0.174 e. The van der Waals surface area contributed by atoms with E-state index in [1.165, 1.54) is 0 Å². The first-order chi connectivity index (χ1) is 6.33. The van der Waals surface area contributed by atoms with Crippen molar-refractivity contribution in [2.24, 2.45) is 0 Å². The molecule has 1 unspecified atom stereocenters. The van der Waals surface area contributed by atoms with E-state index in [9.17, 15) is 0 Å². The Kier molecular flexibility index (Phi) is 5.03. The number of nitrogens with one attached hydrogen (secondary N) is 1.